The van der Waals surface area contributed by atoms with Crippen molar-refractivity contribution in [2.75, 3.05) is 5.88 Å². The number of rotatable bonds is 8. The van der Waals surface area contributed by atoms with Crippen molar-refractivity contribution < 1.29 is 29.0 Å². The van der Waals surface area contributed by atoms with Crippen LogP contribution in [-0.4, -0.2) is 39.8 Å². The molecule has 1 amide bonds. The number of aromatic carboxylic acids is 1. The maximum absolute atomic E-state index is 13.6. The van der Waals surface area contributed by atoms with E-state index in [1.54, 1.807) is 6.07 Å². The Morgan fingerprint density at radius 3 is 2.41 bits per heavy atom. The normalized spacial score (nSPS) is 12.1. The van der Waals surface area contributed by atoms with Gasteiger partial charge in [-0.05, 0) is 48.7 Å². The zero-order valence-electron chi connectivity index (χ0n) is 20.1. The average Bonchev–Trinajstić information content (AvgIpc) is 2.85. The number of hydrogen-bond acceptors (Lipinski definition) is 6. The molecule has 2 aromatic rings. The molecular formula is C28H24ClNO7. The lowest BCUT2D eigenvalue weighted by Gasteiger charge is -2.22. The maximum atomic E-state index is 13.6. The number of Topliss-reactive ketones (excluding diaryl/α,β-unsaturated/α-hetero) is 1. The number of carbonyl (C=O) groups is 3. The van der Waals surface area contributed by atoms with Crippen LogP contribution in [0.4, 0.5) is 0 Å². The van der Waals surface area contributed by atoms with Crippen molar-refractivity contribution in [1.29, 1.82) is 0 Å². The fraction of sp³-hybridized carbons (Fsp3) is 0.214. The van der Waals surface area contributed by atoms with Crippen molar-refractivity contribution in [3.63, 3.8) is 0 Å². The highest BCUT2D eigenvalue weighted by molar-refractivity contribution is 6.28. The van der Waals surface area contributed by atoms with Gasteiger partial charge in [0.25, 0.3) is 5.91 Å². The first-order chi connectivity index (χ1) is 17.6. The number of fused-ring (bicyclic) bond motifs is 2. The molecule has 1 atom stereocenters. The highest BCUT2D eigenvalue weighted by Gasteiger charge is 2.28. The molecule has 0 bridgehead atoms. The van der Waals surface area contributed by atoms with E-state index in [-0.39, 0.29) is 56.8 Å². The zero-order valence-corrected chi connectivity index (χ0v) is 20.8. The van der Waals surface area contributed by atoms with Gasteiger partial charge >= 0.3 is 5.97 Å². The Balaban J connectivity index is 2.03. The predicted molar refractivity (Wildman–Crippen MR) is 140 cm³/mol. The topological polar surface area (TPSA) is 134 Å². The van der Waals surface area contributed by atoms with Crippen molar-refractivity contribution in [2.24, 2.45) is 5.92 Å². The third-order valence-corrected chi connectivity index (χ3v) is 6.26. The molecule has 0 saturated heterocycles. The Hall–Kier alpha value is -4.17. The van der Waals surface area contributed by atoms with Crippen LogP contribution in [0.2, 0.25) is 0 Å². The standard InChI is InChI=1S/C28H24ClNO7/c1-14(2)10-21(22(33)13-29)30-27(34)19-4-3-5-20(28(35)36)26(19)25-17-8-6-15(31)11-23(17)37-24-12-16(32)7-9-18(24)25/h3-9,11-12,14,21,31H,10,13H2,1-2H3,(H,30,34)(H,35,36). The summed E-state index contributed by atoms with van der Waals surface area (Å²) in [5, 5.41) is 23.2. The number of phenolic OH excluding ortho intramolecular Hbond substituents is 1. The Morgan fingerprint density at radius 1 is 1.00 bits per heavy atom. The summed E-state index contributed by atoms with van der Waals surface area (Å²) in [5.74, 6) is -2.42. The van der Waals surface area contributed by atoms with Crippen molar-refractivity contribution >= 4 is 40.2 Å². The lowest BCUT2D eigenvalue weighted by molar-refractivity contribution is -0.118. The van der Waals surface area contributed by atoms with Crippen LogP contribution in [0.1, 0.15) is 41.0 Å². The van der Waals surface area contributed by atoms with E-state index in [4.69, 9.17) is 16.0 Å². The van der Waals surface area contributed by atoms with Crippen molar-refractivity contribution in [3.05, 3.63) is 75.9 Å². The Kier molecular flexibility index (Phi) is 7.31. The highest BCUT2D eigenvalue weighted by atomic mass is 35.5. The first kappa shape index (κ1) is 25.9. The van der Waals surface area contributed by atoms with E-state index < -0.39 is 17.9 Å². The van der Waals surface area contributed by atoms with Gasteiger partial charge in [-0.25, -0.2) is 4.79 Å². The van der Waals surface area contributed by atoms with Gasteiger partial charge in [0.2, 0.25) is 0 Å². The van der Waals surface area contributed by atoms with Gasteiger partial charge in [-0.15, -0.1) is 11.6 Å². The summed E-state index contributed by atoms with van der Waals surface area (Å²) in [6.07, 6.45) is 0.354. The van der Waals surface area contributed by atoms with Gasteiger partial charge in [0, 0.05) is 39.8 Å². The zero-order chi connectivity index (χ0) is 26.9. The Morgan fingerprint density at radius 2 is 1.73 bits per heavy atom. The molecule has 0 fully saturated rings. The van der Waals surface area contributed by atoms with E-state index in [0.717, 1.165) is 0 Å². The maximum Gasteiger partial charge on any atom is 0.336 e. The van der Waals surface area contributed by atoms with Crippen LogP contribution in [0.25, 0.3) is 33.4 Å². The summed E-state index contributed by atoms with van der Waals surface area (Å²) in [4.78, 5) is 50.5. The van der Waals surface area contributed by atoms with Crippen LogP contribution in [0.5, 0.6) is 5.75 Å². The van der Waals surface area contributed by atoms with Crippen molar-refractivity contribution in [1.82, 2.24) is 5.32 Å². The number of alkyl halides is 1. The van der Waals surface area contributed by atoms with E-state index in [9.17, 15) is 29.4 Å². The quantitative estimate of drug-likeness (QED) is 0.221. The molecule has 2 aromatic carbocycles. The van der Waals surface area contributed by atoms with Gasteiger partial charge < -0.3 is 19.9 Å². The van der Waals surface area contributed by atoms with Crippen LogP contribution in [-0.2, 0) is 4.79 Å². The minimum Gasteiger partial charge on any atom is -0.508 e. The molecular weight excluding hydrogens is 498 g/mol. The monoisotopic (exact) mass is 521 g/mol. The van der Waals surface area contributed by atoms with Crippen molar-refractivity contribution in [3.8, 4) is 28.2 Å². The molecule has 0 spiro atoms. The van der Waals surface area contributed by atoms with Gasteiger partial charge in [0.15, 0.2) is 11.2 Å². The number of carboxylic acid groups (broad SMARTS) is 1. The summed E-state index contributed by atoms with van der Waals surface area (Å²) in [6, 6.07) is 11.8. The molecule has 0 saturated carbocycles. The average molecular weight is 522 g/mol. The molecule has 1 aliphatic heterocycles. The third kappa shape index (κ3) is 5.20. The van der Waals surface area contributed by atoms with Crippen molar-refractivity contribution in [2.45, 2.75) is 26.3 Å². The first-order valence-corrected chi connectivity index (χ1v) is 12.1. The van der Waals surface area contributed by atoms with Gasteiger partial charge in [-0.2, -0.15) is 0 Å². The number of halogens is 1. The van der Waals surface area contributed by atoms with E-state index in [1.807, 2.05) is 13.8 Å². The number of carboxylic acids is 1. The summed E-state index contributed by atoms with van der Waals surface area (Å²) >= 11 is 5.77. The minimum atomic E-state index is -1.28. The van der Waals surface area contributed by atoms with Crippen LogP contribution in [0, 0.1) is 5.92 Å². The molecule has 8 nitrogen and oxygen atoms in total. The van der Waals surface area contributed by atoms with E-state index in [0.29, 0.717) is 22.9 Å². The van der Waals surface area contributed by atoms with E-state index in [1.165, 1.54) is 48.5 Å². The molecule has 0 aromatic heterocycles. The lowest BCUT2D eigenvalue weighted by Crippen LogP contribution is -2.42. The molecule has 190 valence electrons. The summed E-state index contributed by atoms with van der Waals surface area (Å²) in [6.45, 7) is 3.81. The van der Waals surface area contributed by atoms with Gasteiger partial charge in [0.05, 0.1) is 17.5 Å². The number of phenols is 1. The molecule has 1 aliphatic carbocycles. The van der Waals surface area contributed by atoms with Crippen LogP contribution in [0.15, 0.2) is 63.8 Å². The summed E-state index contributed by atoms with van der Waals surface area (Å²) in [5.41, 5.74) is 0.537. The highest BCUT2D eigenvalue weighted by Crippen LogP contribution is 2.43. The van der Waals surface area contributed by atoms with E-state index in [2.05, 4.69) is 5.32 Å². The molecule has 1 heterocycles. The smallest absolute Gasteiger partial charge is 0.336 e. The molecule has 2 aliphatic rings. The number of ketones is 1. The van der Waals surface area contributed by atoms with Crippen LogP contribution < -0.4 is 10.7 Å². The molecule has 37 heavy (non-hydrogen) atoms. The number of nitrogens with one attached hydrogen (secondary N) is 1. The minimum absolute atomic E-state index is 0.0177. The van der Waals surface area contributed by atoms with Crippen LogP contribution >= 0.6 is 11.6 Å². The molecule has 0 radical (unpaired) electrons. The fourth-order valence-electron chi connectivity index (χ4n) is 4.39. The van der Waals surface area contributed by atoms with Gasteiger partial charge in [0.1, 0.15) is 17.1 Å². The Labute approximate surface area is 216 Å². The largest absolute Gasteiger partial charge is 0.508 e. The number of aromatic hydroxyl groups is 1. The van der Waals surface area contributed by atoms with Crippen LogP contribution in [0.3, 0.4) is 0 Å². The predicted octanol–water partition coefficient (Wildman–Crippen LogP) is 4.92. The van der Waals surface area contributed by atoms with E-state index >= 15 is 0 Å². The number of benzene rings is 3. The van der Waals surface area contributed by atoms with Gasteiger partial charge in [-0.1, -0.05) is 19.9 Å². The second-order valence-corrected chi connectivity index (χ2v) is 9.37. The number of amides is 1. The molecule has 3 N–H and O–H groups in total. The summed E-state index contributed by atoms with van der Waals surface area (Å²) in [7, 11) is 0. The van der Waals surface area contributed by atoms with Gasteiger partial charge in [-0.3, -0.25) is 14.4 Å². The molecule has 9 heteroatoms. The molecule has 4 rings (SSSR count). The second kappa shape index (κ2) is 10.4. The third-order valence-electron chi connectivity index (χ3n) is 6.00. The molecule has 1 unspecified atom stereocenters. The summed E-state index contributed by atoms with van der Waals surface area (Å²) < 4.78 is 5.86. The SMILES string of the molecule is CC(C)CC(NC(=O)c1cccc(C(=O)O)c1-c1c2ccc(=O)cc-2oc2cc(O)ccc12)C(=O)CCl. The second-order valence-electron chi connectivity index (χ2n) is 9.10. The number of carbonyl (C=O) groups excluding carboxylic acids is 2. The number of hydrogen-bond donors (Lipinski definition) is 3. The fourth-order valence-corrected chi connectivity index (χ4v) is 4.58. The first-order valence-electron chi connectivity index (χ1n) is 11.6. The lowest BCUT2D eigenvalue weighted by atomic mass is 9.87. The Bertz CT molecular complexity index is 1560.